The molecule has 3 rings (SSSR count). The standard InChI is InChI=1S/C17H34N4O10.2H2O4S/c18-4-1-5(19)15(31-17-9(21)12(26)11(25)7(2-22)29-17)13(27)14(4)30-16-8(20)10(24)6(23)3-28-16;2*1-5(2,3)4/h4-17,22-27H,1-3,18-21H2;2*(H2,1,2,3,4). The maximum atomic E-state index is 10.9. The lowest BCUT2D eigenvalue weighted by atomic mass is 9.84. The second-order valence-corrected chi connectivity index (χ2v) is 11.1. The van der Waals surface area contributed by atoms with Gasteiger partial charge in [-0.15, -0.1) is 0 Å². The van der Waals surface area contributed by atoms with Crippen molar-refractivity contribution in [2.45, 2.75) is 92.0 Å². The molecule has 22 nitrogen and oxygen atoms in total. The number of hydrogen-bond acceptors (Lipinski definition) is 18. The van der Waals surface area contributed by atoms with Crippen LogP contribution in [0.5, 0.6) is 0 Å². The highest BCUT2D eigenvalue weighted by molar-refractivity contribution is 7.80. The first-order valence-corrected chi connectivity index (χ1v) is 14.4. The molecule has 246 valence electrons. The van der Waals surface area contributed by atoms with E-state index in [-0.39, 0.29) is 13.0 Å². The molecule has 0 radical (unpaired) electrons. The lowest BCUT2D eigenvalue weighted by molar-refractivity contribution is -0.306. The summed E-state index contributed by atoms with van der Waals surface area (Å²) in [6.07, 6.45) is -12.3. The van der Waals surface area contributed by atoms with E-state index in [2.05, 4.69) is 0 Å². The maximum Gasteiger partial charge on any atom is 0.394 e. The van der Waals surface area contributed by atoms with Gasteiger partial charge in [-0.2, -0.15) is 16.8 Å². The van der Waals surface area contributed by atoms with Crippen molar-refractivity contribution in [3.63, 3.8) is 0 Å². The molecule has 2 saturated heterocycles. The molecule has 0 aromatic carbocycles. The monoisotopic (exact) mass is 650 g/mol. The van der Waals surface area contributed by atoms with E-state index in [4.69, 9.17) is 76.9 Å². The van der Waals surface area contributed by atoms with Crippen LogP contribution in [-0.4, -0.2) is 164 Å². The summed E-state index contributed by atoms with van der Waals surface area (Å²) in [6.45, 7) is -0.809. The largest absolute Gasteiger partial charge is 0.394 e. The van der Waals surface area contributed by atoms with Crippen LogP contribution in [-0.2, 0) is 39.7 Å². The molecule has 14 atom stereocenters. The molecular formula is C17H38N4O18S2. The number of aliphatic hydroxyl groups excluding tert-OH is 6. The first-order valence-electron chi connectivity index (χ1n) is 11.6. The normalized spacial score (nSPS) is 43.7. The third-order valence-electron chi connectivity index (χ3n) is 6.11. The molecule has 0 spiro atoms. The SMILES string of the molecule is NC1CC(N)C(OC2OC(CO)C(O)C(O)C2N)C(O)C1OC1OCC(O)C(O)C1N.O=S(=O)(O)O.O=S(=O)(O)O. The predicted molar refractivity (Wildman–Crippen MR) is 130 cm³/mol. The first-order chi connectivity index (χ1) is 18.6. The van der Waals surface area contributed by atoms with Gasteiger partial charge in [0.1, 0.15) is 48.8 Å². The van der Waals surface area contributed by atoms with Crippen molar-refractivity contribution in [3.8, 4) is 0 Å². The maximum absolute atomic E-state index is 10.9. The second-order valence-electron chi connectivity index (χ2n) is 9.27. The smallest absolute Gasteiger partial charge is 0.394 e. The Labute approximate surface area is 233 Å². The van der Waals surface area contributed by atoms with Crippen molar-refractivity contribution >= 4 is 20.8 Å². The Morgan fingerprint density at radius 1 is 0.683 bits per heavy atom. The van der Waals surface area contributed by atoms with E-state index in [1.807, 2.05) is 0 Å². The molecule has 2 heterocycles. The van der Waals surface area contributed by atoms with E-state index in [0.717, 1.165) is 0 Å². The first kappa shape index (κ1) is 38.2. The molecule has 0 aromatic heterocycles. The summed E-state index contributed by atoms with van der Waals surface area (Å²) in [7, 11) is -9.33. The zero-order valence-corrected chi connectivity index (χ0v) is 22.7. The minimum Gasteiger partial charge on any atom is -0.394 e. The third kappa shape index (κ3) is 12.4. The van der Waals surface area contributed by atoms with E-state index >= 15 is 0 Å². The van der Waals surface area contributed by atoms with Gasteiger partial charge in [0.05, 0.1) is 25.3 Å². The van der Waals surface area contributed by atoms with Crippen LogP contribution in [0.3, 0.4) is 0 Å². The van der Waals surface area contributed by atoms with Gasteiger partial charge >= 0.3 is 20.8 Å². The van der Waals surface area contributed by atoms with Crippen molar-refractivity contribution < 1.29 is 84.6 Å². The molecule has 3 aliphatic rings. The van der Waals surface area contributed by atoms with Crippen LogP contribution in [0.2, 0.25) is 0 Å². The average molecular weight is 651 g/mol. The van der Waals surface area contributed by atoms with Crippen molar-refractivity contribution in [2.24, 2.45) is 22.9 Å². The molecule has 18 N–H and O–H groups in total. The zero-order valence-electron chi connectivity index (χ0n) is 21.1. The fourth-order valence-electron chi connectivity index (χ4n) is 4.13. The Kier molecular flexibility index (Phi) is 14.7. The van der Waals surface area contributed by atoms with E-state index in [0.29, 0.717) is 0 Å². The Bertz CT molecular complexity index is 961. The van der Waals surface area contributed by atoms with Crippen LogP contribution in [0.15, 0.2) is 0 Å². The lowest BCUT2D eigenvalue weighted by Gasteiger charge is -2.47. The molecule has 41 heavy (non-hydrogen) atoms. The van der Waals surface area contributed by atoms with Crippen LogP contribution in [0.4, 0.5) is 0 Å². The van der Waals surface area contributed by atoms with E-state index in [9.17, 15) is 30.6 Å². The van der Waals surface area contributed by atoms with Gasteiger partial charge in [-0.25, -0.2) is 0 Å². The molecule has 0 aromatic rings. The summed E-state index contributed by atoms with van der Waals surface area (Å²) in [5.41, 5.74) is 24.0. The average Bonchev–Trinajstić information content (AvgIpc) is 2.82. The van der Waals surface area contributed by atoms with Gasteiger partial charge in [0.25, 0.3) is 0 Å². The zero-order chi connectivity index (χ0) is 32.0. The van der Waals surface area contributed by atoms with Crippen LogP contribution in [0.25, 0.3) is 0 Å². The molecule has 0 amide bonds. The Balaban J connectivity index is 0.000000722. The summed E-state index contributed by atoms with van der Waals surface area (Å²) in [4.78, 5) is 0. The molecular weight excluding hydrogens is 612 g/mol. The minimum absolute atomic E-state index is 0.163. The quantitative estimate of drug-likeness (QED) is 0.123. The Morgan fingerprint density at radius 2 is 1.10 bits per heavy atom. The highest BCUT2D eigenvalue weighted by Gasteiger charge is 2.50. The molecule has 1 aliphatic carbocycles. The molecule has 24 heteroatoms. The summed E-state index contributed by atoms with van der Waals surface area (Å²) < 4.78 is 85.4. The predicted octanol–water partition coefficient (Wildman–Crippen LogP) is -7.96. The Morgan fingerprint density at radius 3 is 1.54 bits per heavy atom. The van der Waals surface area contributed by atoms with Gasteiger partial charge < -0.3 is 72.5 Å². The topological polar surface area (TPSA) is 412 Å². The molecule has 14 unspecified atom stereocenters. The van der Waals surface area contributed by atoms with Gasteiger partial charge in [-0.05, 0) is 6.42 Å². The summed E-state index contributed by atoms with van der Waals surface area (Å²) in [5, 5.41) is 59.8. The molecule has 2 aliphatic heterocycles. The van der Waals surface area contributed by atoms with Crippen molar-refractivity contribution in [3.05, 3.63) is 0 Å². The summed E-state index contributed by atoms with van der Waals surface area (Å²) in [6, 6.07) is -3.76. The van der Waals surface area contributed by atoms with Gasteiger partial charge in [-0.1, -0.05) is 0 Å². The van der Waals surface area contributed by atoms with Gasteiger partial charge in [0, 0.05) is 12.1 Å². The number of hydrogen-bond donors (Lipinski definition) is 14. The van der Waals surface area contributed by atoms with Crippen molar-refractivity contribution in [1.82, 2.24) is 0 Å². The summed E-state index contributed by atoms with van der Waals surface area (Å²) >= 11 is 0. The number of aliphatic hydroxyl groups is 6. The van der Waals surface area contributed by atoms with Gasteiger partial charge in [0.15, 0.2) is 12.6 Å². The Hall–Kier alpha value is -0.820. The second kappa shape index (κ2) is 15.8. The summed E-state index contributed by atoms with van der Waals surface area (Å²) in [5.74, 6) is 0. The molecule has 1 saturated carbocycles. The number of nitrogens with two attached hydrogens (primary N) is 4. The van der Waals surface area contributed by atoms with E-state index < -0.39 is 113 Å². The minimum atomic E-state index is -4.67. The van der Waals surface area contributed by atoms with Gasteiger partial charge in [-0.3, -0.25) is 18.2 Å². The fourth-order valence-corrected chi connectivity index (χ4v) is 4.13. The van der Waals surface area contributed by atoms with Crippen LogP contribution in [0, 0.1) is 0 Å². The molecule has 3 fully saturated rings. The van der Waals surface area contributed by atoms with Gasteiger partial charge in [0.2, 0.25) is 0 Å². The van der Waals surface area contributed by atoms with E-state index in [1.54, 1.807) is 0 Å². The molecule has 0 bridgehead atoms. The van der Waals surface area contributed by atoms with Crippen molar-refractivity contribution in [1.29, 1.82) is 0 Å². The van der Waals surface area contributed by atoms with Crippen LogP contribution >= 0.6 is 0 Å². The number of rotatable bonds is 5. The fraction of sp³-hybridized carbons (Fsp3) is 1.00. The van der Waals surface area contributed by atoms with E-state index in [1.165, 1.54) is 0 Å². The highest BCUT2D eigenvalue weighted by atomic mass is 32.3. The number of ether oxygens (including phenoxy) is 4. The highest BCUT2D eigenvalue weighted by Crippen LogP contribution is 2.30. The third-order valence-corrected chi connectivity index (χ3v) is 6.11. The van der Waals surface area contributed by atoms with Crippen molar-refractivity contribution in [2.75, 3.05) is 13.2 Å². The van der Waals surface area contributed by atoms with Crippen LogP contribution < -0.4 is 22.9 Å². The lowest BCUT2D eigenvalue weighted by Crippen LogP contribution is -2.68. The van der Waals surface area contributed by atoms with Crippen LogP contribution in [0.1, 0.15) is 6.42 Å².